The Labute approximate surface area is 176 Å². The third-order valence-electron chi connectivity index (χ3n) is 5.49. The zero-order valence-electron chi connectivity index (χ0n) is 17.0. The fourth-order valence-electron chi connectivity index (χ4n) is 3.97. The van der Waals surface area contributed by atoms with Gasteiger partial charge in [-0.2, -0.15) is 0 Å². The van der Waals surface area contributed by atoms with Crippen molar-refractivity contribution in [1.29, 1.82) is 0 Å². The first-order valence-electron chi connectivity index (χ1n) is 10.4. The number of guanidine groups is 1. The van der Waals surface area contributed by atoms with Crippen molar-refractivity contribution in [2.45, 2.75) is 25.8 Å². The van der Waals surface area contributed by atoms with Gasteiger partial charge in [0.25, 0.3) is 0 Å². The van der Waals surface area contributed by atoms with E-state index in [1.807, 2.05) is 24.5 Å². The molecule has 2 aromatic rings. The molecule has 0 radical (unpaired) electrons. The Hall–Kier alpha value is -2.25. The minimum atomic E-state index is 0.319. The van der Waals surface area contributed by atoms with Crippen LogP contribution in [0.4, 0.5) is 0 Å². The minimum absolute atomic E-state index is 0.319. The van der Waals surface area contributed by atoms with Crippen molar-refractivity contribution in [3.8, 4) is 11.5 Å². The van der Waals surface area contributed by atoms with Crippen molar-refractivity contribution in [3.05, 3.63) is 46.2 Å². The Morgan fingerprint density at radius 3 is 3.03 bits per heavy atom. The standard InChI is InChI=1S/C22H30N4O2S/c1-23-22(24-9-8-17-6-7-20-21(12-17)28-16-27-20)25-13-18-4-2-10-26(14-18)15-19-5-3-11-29-19/h3,5-7,11-12,18H,2,4,8-10,13-16H2,1H3,(H2,23,24,25). The summed E-state index contributed by atoms with van der Waals surface area (Å²) in [6, 6.07) is 10.5. The molecule has 6 nitrogen and oxygen atoms in total. The lowest BCUT2D eigenvalue weighted by atomic mass is 9.98. The summed E-state index contributed by atoms with van der Waals surface area (Å²) >= 11 is 1.85. The number of nitrogens with zero attached hydrogens (tertiary/aromatic N) is 2. The molecular formula is C22H30N4O2S. The second-order valence-corrected chi connectivity index (χ2v) is 8.67. The number of piperidine rings is 1. The van der Waals surface area contributed by atoms with Crippen LogP contribution in [0.2, 0.25) is 0 Å². The van der Waals surface area contributed by atoms with Crippen LogP contribution in [0.5, 0.6) is 11.5 Å². The molecule has 2 aliphatic heterocycles. The van der Waals surface area contributed by atoms with Crippen LogP contribution in [0.3, 0.4) is 0 Å². The number of rotatable bonds is 7. The van der Waals surface area contributed by atoms with E-state index in [0.717, 1.165) is 50.1 Å². The molecule has 7 heteroatoms. The molecule has 4 rings (SSSR count). The number of benzene rings is 1. The lowest BCUT2D eigenvalue weighted by Gasteiger charge is -2.32. The third kappa shape index (κ3) is 5.64. The molecule has 2 N–H and O–H groups in total. The number of hydrogen-bond donors (Lipinski definition) is 2. The molecule has 0 spiro atoms. The van der Waals surface area contributed by atoms with Gasteiger partial charge in [0.15, 0.2) is 17.5 Å². The second-order valence-electron chi connectivity index (χ2n) is 7.64. The van der Waals surface area contributed by atoms with Crippen LogP contribution in [-0.2, 0) is 13.0 Å². The van der Waals surface area contributed by atoms with E-state index in [1.165, 1.54) is 29.8 Å². The van der Waals surface area contributed by atoms with Crippen molar-refractivity contribution in [2.75, 3.05) is 40.0 Å². The maximum atomic E-state index is 5.45. The molecule has 1 fully saturated rings. The van der Waals surface area contributed by atoms with Crippen molar-refractivity contribution in [2.24, 2.45) is 10.9 Å². The average Bonchev–Trinajstić information content (AvgIpc) is 3.42. The quantitative estimate of drug-likeness (QED) is 0.539. The van der Waals surface area contributed by atoms with Crippen LogP contribution in [-0.4, -0.2) is 50.9 Å². The molecule has 1 aromatic carbocycles. The number of likely N-dealkylation sites (tertiary alicyclic amines) is 1. The number of nitrogens with one attached hydrogen (secondary N) is 2. The van der Waals surface area contributed by atoms with E-state index < -0.39 is 0 Å². The number of aliphatic imine (C=N–C) groups is 1. The van der Waals surface area contributed by atoms with Crippen molar-refractivity contribution < 1.29 is 9.47 Å². The van der Waals surface area contributed by atoms with Gasteiger partial charge < -0.3 is 20.1 Å². The molecule has 0 saturated carbocycles. The normalized spacial score (nSPS) is 19.3. The molecule has 1 aromatic heterocycles. The van der Waals surface area contributed by atoms with Crippen LogP contribution in [0.1, 0.15) is 23.3 Å². The SMILES string of the molecule is CN=C(NCCc1ccc2c(c1)OCO2)NCC1CCCN(Cc2cccs2)C1. The predicted molar refractivity (Wildman–Crippen MR) is 118 cm³/mol. The molecule has 1 saturated heterocycles. The predicted octanol–water partition coefficient (Wildman–Crippen LogP) is 3.10. The summed E-state index contributed by atoms with van der Waals surface area (Å²) in [7, 11) is 1.83. The van der Waals surface area contributed by atoms with Crippen LogP contribution >= 0.6 is 11.3 Å². The molecule has 3 heterocycles. The van der Waals surface area contributed by atoms with Crippen molar-refractivity contribution in [1.82, 2.24) is 15.5 Å². The lowest BCUT2D eigenvalue weighted by Crippen LogP contribution is -2.44. The van der Waals surface area contributed by atoms with Gasteiger partial charge in [-0.3, -0.25) is 9.89 Å². The molecule has 2 aliphatic rings. The van der Waals surface area contributed by atoms with E-state index in [4.69, 9.17) is 9.47 Å². The van der Waals surface area contributed by atoms with E-state index in [0.29, 0.717) is 12.7 Å². The molecule has 1 atom stereocenters. The van der Waals surface area contributed by atoms with Crippen molar-refractivity contribution >= 4 is 17.3 Å². The summed E-state index contributed by atoms with van der Waals surface area (Å²) in [5, 5.41) is 9.11. The van der Waals surface area contributed by atoms with Crippen LogP contribution in [0.15, 0.2) is 40.7 Å². The maximum absolute atomic E-state index is 5.45. The van der Waals surface area contributed by atoms with Gasteiger partial charge in [0, 0.05) is 38.1 Å². The van der Waals surface area contributed by atoms with E-state index >= 15 is 0 Å². The Morgan fingerprint density at radius 2 is 2.17 bits per heavy atom. The second kappa shape index (κ2) is 9.98. The zero-order valence-corrected chi connectivity index (χ0v) is 17.8. The van der Waals surface area contributed by atoms with Crippen LogP contribution in [0, 0.1) is 5.92 Å². The smallest absolute Gasteiger partial charge is 0.231 e. The van der Waals surface area contributed by atoms with E-state index in [-0.39, 0.29) is 0 Å². The maximum Gasteiger partial charge on any atom is 0.231 e. The molecular weight excluding hydrogens is 384 g/mol. The molecule has 0 aliphatic carbocycles. The number of hydrogen-bond acceptors (Lipinski definition) is 5. The number of fused-ring (bicyclic) bond motifs is 1. The first-order chi connectivity index (χ1) is 14.3. The summed E-state index contributed by atoms with van der Waals surface area (Å²) in [4.78, 5) is 8.42. The summed E-state index contributed by atoms with van der Waals surface area (Å²) < 4.78 is 10.8. The van der Waals surface area contributed by atoms with Gasteiger partial charge in [0.2, 0.25) is 6.79 Å². The Morgan fingerprint density at radius 1 is 1.24 bits per heavy atom. The van der Waals surface area contributed by atoms with Gasteiger partial charge in [-0.1, -0.05) is 12.1 Å². The van der Waals surface area contributed by atoms with E-state index in [9.17, 15) is 0 Å². The summed E-state index contributed by atoms with van der Waals surface area (Å²) in [5.41, 5.74) is 1.23. The first kappa shape index (κ1) is 20.0. The van der Waals surface area contributed by atoms with Gasteiger partial charge in [0.1, 0.15) is 0 Å². The highest BCUT2D eigenvalue weighted by molar-refractivity contribution is 7.09. The van der Waals surface area contributed by atoms with E-state index in [2.05, 4.69) is 50.2 Å². The highest BCUT2D eigenvalue weighted by Crippen LogP contribution is 2.32. The largest absolute Gasteiger partial charge is 0.454 e. The zero-order chi connectivity index (χ0) is 19.9. The third-order valence-corrected chi connectivity index (χ3v) is 6.35. The molecule has 156 valence electrons. The average molecular weight is 415 g/mol. The lowest BCUT2D eigenvalue weighted by molar-refractivity contribution is 0.169. The molecule has 0 bridgehead atoms. The fraction of sp³-hybridized carbons (Fsp3) is 0.500. The first-order valence-corrected chi connectivity index (χ1v) is 11.3. The molecule has 0 amide bonds. The van der Waals surface area contributed by atoms with Crippen LogP contribution < -0.4 is 20.1 Å². The van der Waals surface area contributed by atoms with Gasteiger partial charge in [-0.25, -0.2) is 0 Å². The Balaban J connectivity index is 1.18. The topological polar surface area (TPSA) is 58.1 Å². The summed E-state index contributed by atoms with van der Waals surface area (Å²) in [6.45, 7) is 5.55. The van der Waals surface area contributed by atoms with Gasteiger partial charge in [-0.15, -0.1) is 11.3 Å². The van der Waals surface area contributed by atoms with Crippen molar-refractivity contribution in [3.63, 3.8) is 0 Å². The highest BCUT2D eigenvalue weighted by atomic mass is 32.1. The molecule has 29 heavy (non-hydrogen) atoms. The Kier molecular flexibility index (Phi) is 6.90. The van der Waals surface area contributed by atoms with Gasteiger partial charge in [-0.05, 0) is 60.9 Å². The number of thiophene rings is 1. The Bertz CT molecular complexity index is 809. The monoisotopic (exact) mass is 414 g/mol. The summed E-state index contributed by atoms with van der Waals surface area (Å²) in [5.74, 6) is 3.21. The van der Waals surface area contributed by atoms with Crippen LogP contribution in [0.25, 0.3) is 0 Å². The number of ether oxygens (including phenoxy) is 2. The van der Waals surface area contributed by atoms with Gasteiger partial charge >= 0.3 is 0 Å². The highest BCUT2D eigenvalue weighted by Gasteiger charge is 2.20. The van der Waals surface area contributed by atoms with Gasteiger partial charge in [0.05, 0.1) is 0 Å². The minimum Gasteiger partial charge on any atom is -0.454 e. The molecule has 1 unspecified atom stereocenters. The fourth-order valence-corrected chi connectivity index (χ4v) is 4.71. The summed E-state index contributed by atoms with van der Waals surface area (Å²) in [6.07, 6.45) is 3.46. The van der Waals surface area contributed by atoms with E-state index in [1.54, 1.807) is 0 Å².